The van der Waals surface area contributed by atoms with E-state index in [1.54, 1.807) is 0 Å². The number of nitrogens with zero attached hydrogens (tertiary/aromatic N) is 3. The second-order valence-corrected chi connectivity index (χ2v) is 7.79. The molecule has 2 aromatic carbocycles. The van der Waals surface area contributed by atoms with Crippen LogP contribution in [0.5, 0.6) is 0 Å². The molecule has 1 N–H and O–H groups in total. The maximum absolute atomic E-state index is 12.5. The number of rotatable bonds is 5. The highest BCUT2D eigenvalue weighted by Crippen LogP contribution is 2.29. The summed E-state index contributed by atoms with van der Waals surface area (Å²) in [6.45, 7) is 4.00. The van der Waals surface area contributed by atoms with Crippen LogP contribution >= 0.6 is 11.8 Å². The molecule has 1 amide bonds. The highest BCUT2D eigenvalue weighted by atomic mass is 32.2. The molecule has 0 fully saturated rings. The second kappa shape index (κ2) is 7.98. The van der Waals surface area contributed by atoms with Gasteiger partial charge in [0.1, 0.15) is 6.07 Å². The Morgan fingerprint density at radius 2 is 1.97 bits per heavy atom. The predicted octanol–water partition coefficient (Wildman–Crippen LogP) is 4.96. The summed E-state index contributed by atoms with van der Waals surface area (Å²) in [6, 6.07) is 19.9. The van der Waals surface area contributed by atoms with Gasteiger partial charge in [0.05, 0.1) is 27.4 Å². The van der Waals surface area contributed by atoms with Crippen LogP contribution in [-0.4, -0.2) is 21.0 Å². The lowest BCUT2D eigenvalue weighted by Crippen LogP contribution is -2.14. The average molecular weight is 401 g/mol. The van der Waals surface area contributed by atoms with E-state index in [2.05, 4.69) is 23.3 Å². The lowest BCUT2D eigenvalue weighted by atomic mass is 10.1. The molecule has 0 radical (unpaired) electrons. The SMILES string of the molecule is CCc1ccc(NC(=O)CSc2cc(C)c(C#N)c3nc4ccccc4n23)cc1. The highest BCUT2D eigenvalue weighted by molar-refractivity contribution is 7.99. The number of nitrogens with one attached hydrogen (secondary N) is 1. The van der Waals surface area contributed by atoms with Crippen molar-refractivity contribution < 1.29 is 4.79 Å². The first-order chi connectivity index (χ1) is 14.1. The van der Waals surface area contributed by atoms with Gasteiger partial charge in [-0.25, -0.2) is 4.98 Å². The minimum Gasteiger partial charge on any atom is -0.325 e. The van der Waals surface area contributed by atoms with E-state index >= 15 is 0 Å². The van der Waals surface area contributed by atoms with Crippen molar-refractivity contribution in [2.75, 3.05) is 11.1 Å². The van der Waals surface area contributed by atoms with Crippen molar-refractivity contribution in [2.24, 2.45) is 0 Å². The highest BCUT2D eigenvalue weighted by Gasteiger charge is 2.16. The first-order valence-corrected chi connectivity index (χ1v) is 10.4. The number of thioether (sulfide) groups is 1. The number of anilines is 1. The number of hydrogen-bond acceptors (Lipinski definition) is 4. The van der Waals surface area contributed by atoms with E-state index in [0.717, 1.165) is 33.7 Å². The van der Waals surface area contributed by atoms with Crippen molar-refractivity contribution in [3.8, 4) is 6.07 Å². The summed E-state index contributed by atoms with van der Waals surface area (Å²) in [5.41, 5.74) is 5.84. The Hall–Kier alpha value is -3.30. The zero-order valence-electron chi connectivity index (χ0n) is 16.3. The maximum Gasteiger partial charge on any atom is 0.234 e. The number of aromatic nitrogens is 2. The van der Waals surface area contributed by atoms with Crippen molar-refractivity contribution in [2.45, 2.75) is 25.3 Å². The molecule has 0 aliphatic rings. The van der Waals surface area contributed by atoms with Gasteiger partial charge in [0, 0.05) is 5.69 Å². The number of imidazole rings is 1. The zero-order chi connectivity index (χ0) is 20.4. The van der Waals surface area contributed by atoms with Gasteiger partial charge < -0.3 is 5.32 Å². The van der Waals surface area contributed by atoms with Gasteiger partial charge in [0.25, 0.3) is 0 Å². The van der Waals surface area contributed by atoms with Gasteiger partial charge in [-0.15, -0.1) is 0 Å². The number of fused-ring (bicyclic) bond motifs is 3. The van der Waals surface area contributed by atoms with Crippen LogP contribution < -0.4 is 5.32 Å². The molecule has 2 heterocycles. The van der Waals surface area contributed by atoms with Crippen molar-refractivity contribution in [3.05, 3.63) is 71.3 Å². The van der Waals surface area contributed by atoms with Crippen LogP contribution in [0.2, 0.25) is 0 Å². The second-order valence-electron chi connectivity index (χ2n) is 6.80. The molecule has 0 spiro atoms. The van der Waals surface area contributed by atoms with Gasteiger partial charge in [0.2, 0.25) is 5.91 Å². The Kier molecular flexibility index (Phi) is 5.24. The van der Waals surface area contributed by atoms with Crippen LogP contribution in [0, 0.1) is 18.3 Å². The summed E-state index contributed by atoms with van der Waals surface area (Å²) in [6.07, 6.45) is 0.969. The lowest BCUT2D eigenvalue weighted by molar-refractivity contribution is -0.113. The third kappa shape index (κ3) is 3.69. The molecule has 0 bridgehead atoms. The van der Waals surface area contributed by atoms with Crippen molar-refractivity contribution in [1.82, 2.24) is 9.38 Å². The number of aryl methyl sites for hydroxylation is 2. The van der Waals surface area contributed by atoms with E-state index < -0.39 is 0 Å². The summed E-state index contributed by atoms with van der Waals surface area (Å²) in [5, 5.41) is 13.4. The van der Waals surface area contributed by atoms with Crippen LogP contribution in [0.4, 0.5) is 5.69 Å². The molecule has 0 atom stereocenters. The number of carbonyl (C=O) groups excluding carboxylic acids is 1. The number of nitriles is 1. The Labute approximate surface area is 173 Å². The molecule has 4 aromatic rings. The molecule has 0 saturated carbocycles. The summed E-state index contributed by atoms with van der Waals surface area (Å²) >= 11 is 1.44. The number of carbonyl (C=O) groups is 1. The minimum absolute atomic E-state index is 0.0705. The van der Waals surface area contributed by atoms with Crippen molar-refractivity contribution >= 4 is 40.0 Å². The summed E-state index contributed by atoms with van der Waals surface area (Å²) in [7, 11) is 0. The fourth-order valence-corrected chi connectivity index (χ4v) is 4.24. The van der Waals surface area contributed by atoms with Gasteiger partial charge in [-0.05, 0) is 54.8 Å². The molecule has 6 heteroatoms. The molecule has 4 rings (SSSR count). The number of hydrogen-bond donors (Lipinski definition) is 1. The average Bonchev–Trinajstić information content (AvgIpc) is 3.12. The molecular formula is C23H20N4OS. The van der Waals surface area contributed by atoms with Gasteiger partial charge in [-0.1, -0.05) is 43.0 Å². The first kappa shape index (κ1) is 19.0. The molecule has 0 aliphatic heterocycles. The van der Waals surface area contributed by atoms with E-state index in [0.29, 0.717) is 11.2 Å². The number of pyridine rings is 1. The van der Waals surface area contributed by atoms with Crippen LogP contribution in [0.3, 0.4) is 0 Å². The van der Waals surface area contributed by atoms with Crippen molar-refractivity contribution in [3.63, 3.8) is 0 Å². The van der Waals surface area contributed by atoms with E-state index in [4.69, 9.17) is 0 Å². The predicted molar refractivity (Wildman–Crippen MR) is 117 cm³/mol. The molecule has 2 aromatic heterocycles. The first-order valence-electron chi connectivity index (χ1n) is 9.43. The van der Waals surface area contributed by atoms with Gasteiger partial charge >= 0.3 is 0 Å². The normalized spacial score (nSPS) is 10.9. The molecule has 29 heavy (non-hydrogen) atoms. The zero-order valence-corrected chi connectivity index (χ0v) is 17.1. The largest absolute Gasteiger partial charge is 0.325 e. The Morgan fingerprint density at radius 3 is 2.69 bits per heavy atom. The number of amides is 1. The third-order valence-corrected chi connectivity index (χ3v) is 5.85. The molecule has 5 nitrogen and oxygen atoms in total. The van der Waals surface area contributed by atoms with E-state index in [1.165, 1.54) is 17.3 Å². The van der Waals surface area contributed by atoms with Crippen LogP contribution in [0.1, 0.15) is 23.6 Å². The molecule has 144 valence electrons. The number of benzene rings is 2. The van der Waals surface area contributed by atoms with Crippen molar-refractivity contribution in [1.29, 1.82) is 5.26 Å². The van der Waals surface area contributed by atoms with Gasteiger partial charge in [-0.2, -0.15) is 5.26 Å². The summed E-state index contributed by atoms with van der Waals surface area (Å²) in [4.78, 5) is 17.1. The Bertz CT molecular complexity index is 1250. The fraction of sp³-hybridized carbons (Fsp3) is 0.174. The molecule has 0 aliphatic carbocycles. The number of para-hydroxylation sites is 2. The lowest BCUT2D eigenvalue weighted by Gasteiger charge is -2.10. The quantitative estimate of drug-likeness (QED) is 0.481. The van der Waals surface area contributed by atoms with Crippen LogP contribution in [0.25, 0.3) is 16.7 Å². The van der Waals surface area contributed by atoms with E-state index in [-0.39, 0.29) is 11.7 Å². The monoisotopic (exact) mass is 400 g/mol. The molecule has 0 saturated heterocycles. The van der Waals surface area contributed by atoms with Gasteiger partial charge in [-0.3, -0.25) is 9.20 Å². The van der Waals surface area contributed by atoms with E-state index in [1.807, 2.05) is 65.9 Å². The summed E-state index contributed by atoms with van der Waals surface area (Å²) in [5.74, 6) is 0.196. The van der Waals surface area contributed by atoms with Crippen LogP contribution in [-0.2, 0) is 11.2 Å². The van der Waals surface area contributed by atoms with E-state index in [9.17, 15) is 10.1 Å². The Balaban J connectivity index is 1.62. The summed E-state index contributed by atoms with van der Waals surface area (Å²) < 4.78 is 1.97. The van der Waals surface area contributed by atoms with Gasteiger partial charge in [0.15, 0.2) is 5.65 Å². The standard InChI is InChI=1S/C23H20N4OS/c1-3-16-8-10-17(11-9-16)25-21(28)14-29-22-12-15(2)18(13-24)23-26-19-6-4-5-7-20(19)27(22)23/h4-12H,3,14H2,1-2H3,(H,25,28). The third-order valence-electron chi connectivity index (χ3n) is 4.85. The molecule has 0 unspecified atom stereocenters. The topological polar surface area (TPSA) is 70.2 Å². The maximum atomic E-state index is 12.5. The fourth-order valence-electron chi connectivity index (χ4n) is 3.32. The van der Waals surface area contributed by atoms with Crippen LogP contribution in [0.15, 0.2) is 59.6 Å². The molecular weight excluding hydrogens is 380 g/mol. The minimum atomic E-state index is -0.0705. The smallest absolute Gasteiger partial charge is 0.234 e. The Morgan fingerprint density at radius 1 is 1.21 bits per heavy atom.